The van der Waals surface area contributed by atoms with Crippen LogP contribution in [0.5, 0.6) is 11.5 Å². The van der Waals surface area contributed by atoms with Crippen LogP contribution in [0, 0.1) is 0 Å². The van der Waals surface area contributed by atoms with E-state index in [2.05, 4.69) is 15.2 Å². The molecule has 1 aromatic carbocycles. The standard InChI is InChI=1S/C20H26N4O3/c1-22-20-5-4-17(11-19(20)21)27-18-6-7-23-14(10-18)9-16(26)12-24-8-2-3-15(24)13-25/h4-7,10-11,15,22,25H,2-3,8-9,12-13,21H2,1H3/t15-/m0/s1. The van der Waals surface area contributed by atoms with Crippen molar-refractivity contribution in [1.29, 1.82) is 0 Å². The van der Waals surface area contributed by atoms with Gasteiger partial charge in [0.15, 0.2) is 5.78 Å². The molecular weight excluding hydrogens is 344 g/mol. The van der Waals surface area contributed by atoms with Gasteiger partial charge in [-0.05, 0) is 37.6 Å². The van der Waals surface area contributed by atoms with Crippen molar-refractivity contribution in [3.05, 3.63) is 42.2 Å². The number of aliphatic hydroxyl groups excluding tert-OH is 1. The highest BCUT2D eigenvalue weighted by Crippen LogP contribution is 2.28. The fraction of sp³-hybridized carbons (Fsp3) is 0.400. The zero-order valence-electron chi connectivity index (χ0n) is 15.5. The fourth-order valence-electron chi connectivity index (χ4n) is 3.38. The van der Waals surface area contributed by atoms with Crippen LogP contribution in [0.3, 0.4) is 0 Å². The number of ketones is 1. The quantitative estimate of drug-likeness (QED) is 0.612. The lowest BCUT2D eigenvalue weighted by molar-refractivity contribution is -0.119. The molecule has 1 aliphatic rings. The first-order chi connectivity index (χ1) is 13.1. The fourth-order valence-corrected chi connectivity index (χ4v) is 3.38. The van der Waals surface area contributed by atoms with E-state index >= 15 is 0 Å². The van der Waals surface area contributed by atoms with Crippen LogP contribution in [0.15, 0.2) is 36.5 Å². The molecule has 1 atom stereocenters. The first-order valence-corrected chi connectivity index (χ1v) is 9.15. The second-order valence-electron chi connectivity index (χ2n) is 6.75. The van der Waals surface area contributed by atoms with Crippen LogP contribution < -0.4 is 15.8 Å². The average molecular weight is 370 g/mol. The third-order valence-electron chi connectivity index (χ3n) is 4.78. The van der Waals surface area contributed by atoms with Crippen molar-refractivity contribution in [2.24, 2.45) is 0 Å². The summed E-state index contributed by atoms with van der Waals surface area (Å²) in [5, 5.41) is 12.4. The zero-order chi connectivity index (χ0) is 19.2. The van der Waals surface area contributed by atoms with Gasteiger partial charge in [-0.3, -0.25) is 14.7 Å². The minimum atomic E-state index is 0.0858. The van der Waals surface area contributed by atoms with E-state index in [4.69, 9.17) is 10.5 Å². The second kappa shape index (κ2) is 8.83. The number of rotatable bonds is 8. The molecule has 1 aromatic heterocycles. The molecule has 0 bridgehead atoms. The Kier molecular flexibility index (Phi) is 6.26. The van der Waals surface area contributed by atoms with Crippen molar-refractivity contribution in [1.82, 2.24) is 9.88 Å². The topological polar surface area (TPSA) is 101 Å². The lowest BCUT2D eigenvalue weighted by atomic mass is 10.1. The normalized spacial score (nSPS) is 17.0. The first kappa shape index (κ1) is 19.1. The number of hydrogen-bond donors (Lipinski definition) is 3. The molecule has 0 unspecified atom stereocenters. The number of aromatic nitrogens is 1. The minimum absolute atomic E-state index is 0.0858. The van der Waals surface area contributed by atoms with Crippen molar-refractivity contribution in [3.63, 3.8) is 0 Å². The summed E-state index contributed by atoms with van der Waals surface area (Å²) >= 11 is 0. The Labute approximate surface area is 159 Å². The number of Topliss-reactive ketones (excluding diaryl/α,β-unsaturated/α-hetero) is 1. The highest BCUT2D eigenvalue weighted by Gasteiger charge is 2.25. The molecular formula is C20H26N4O3. The molecule has 2 heterocycles. The van der Waals surface area contributed by atoms with Crippen molar-refractivity contribution in [3.8, 4) is 11.5 Å². The summed E-state index contributed by atoms with van der Waals surface area (Å²) in [6.45, 7) is 1.31. The van der Waals surface area contributed by atoms with E-state index in [0.29, 0.717) is 29.4 Å². The largest absolute Gasteiger partial charge is 0.457 e. The van der Waals surface area contributed by atoms with E-state index in [1.54, 1.807) is 24.4 Å². The van der Waals surface area contributed by atoms with E-state index in [9.17, 15) is 9.90 Å². The molecule has 1 aliphatic heterocycles. The van der Waals surface area contributed by atoms with Crippen molar-refractivity contribution >= 4 is 17.2 Å². The predicted molar refractivity (Wildman–Crippen MR) is 105 cm³/mol. The molecule has 4 N–H and O–H groups in total. The monoisotopic (exact) mass is 370 g/mol. The van der Waals surface area contributed by atoms with E-state index in [0.717, 1.165) is 25.1 Å². The second-order valence-corrected chi connectivity index (χ2v) is 6.75. The van der Waals surface area contributed by atoms with Gasteiger partial charge in [0.1, 0.15) is 11.5 Å². The summed E-state index contributed by atoms with van der Waals surface area (Å²) in [4.78, 5) is 18.7. The van der Waals surface area contributed by atoms with Crippen molar-refractivity contribution in [2.45, 2.75) is 25.3 Å². The lowest BCUT2D eigenvalue weighted by Crippen LogP contribution is -2.37. The number of likely N-dealkylation sites (tertiary alicyclic amines) is 1. The Hall–Kier alpha value is -2.64. The summed E-state index contributed by atoms with van der Waals surface area (Å²) in [7, 11) is 1.81. The Morgan fingerprint density at radius 2 is 2.19 bits per heavy atom. The van der Waals surface area contributed by atoms with Crippen LogP contribution in [-0.4, -0.2) is 53.6 Å². The molecule has 7 heteroatoms. The van der Waals surface area contributed by atoms with Crippen LogP contribution in [0.1, 0.15) is 18.5 Å². The minimum Gasteiger partial charge on any atom is -0.457 e. The zero-order valence-corrected chi connectivity index (χ0v) is 15.5. The first-order valence-electron chi connectivity index (χ1n) is 9.15. The Bertz CT molecular complexity index is 797. The number of nitrogens with zero attached hydrogens (tertiary/aromatic N) is 2. The summed E-state index contributed by atoms with van der Waals surface area (Å²) < 4.78 is 5.85. The third-order valence-corrected chi connectivity index (χ3v) is 4.78. The van der Waals surface area contributed by atoms with E-state index in [1.165, 1.54) is 0 Å². The van der Waals surface area contributed by atoms with Gasteiger partial charge in [-0.25, -0.2) is 0 Å². The number of pyridine rings is 1. The van der Waals surface area contributed by atoms with Crippen LogP contribution in [0.4, 0.5) is 11.4 Å². The summed E-state index contributed by atoms with van der Waals surface area (Å²) in [6.07, 6.45) is 3.85. The van der Waals surface area contributed by atoms with Crippen molar-refractivity contribution < 1.29 is 14.6 Å². The molecule has 144 valence electrons. The number of carbonyl (C=O) groups excluding carboxylic acids is 1. The molecule has 0 aliphatic carbocycles. The van der Waals surface area contributed by atoms with Gasteiger partial charge in [-0.1, -0.05) is 0 Å². The van der Waals surface area contributed by atoms with Gasteiger partial charge in [0.05, 0.1) is 36.6 Å². The number of anilines is 2. The maximum atomic E-state index is 12.4. The van der Waals surface area contributed by atoms with Crippen LogP contribution >= 0.6 is 0 Å². The number of nitrogens with two attached hydrogens (primary N) is 1. The van der Waals surface area contributed by atoms with Gasteiger partial charge in [0.25, 0.3) is 0 Å². The number of hydrogen-bond acceptors (Lipinski definition) is 7. The van der Waals surface area contributed by atoms with Crippen molar-refractivity contribution in [2.75, 3.05) is 37.8 Å². The van der Waals surface area contributed by atoms with E-state index in [1.807, 2.05) is 19.2 Å². The number of nitrogens with one attached hydrogen (secondary N) is 1. The van der Waals surface area contributed by atoms with Crippen LogP contribution in [0.2, 0.25) is 0 Å². The number of ether oxygens (including phenoxy) is 1. The van der Waals surface area contributed by atoms with Gasteiger partial charge in [-0.15, -0.1) is 0 Å². The molecule has 0 radical (unpaired) electrons. The van der Waals surface area contributed by atoms with Gasteiger partial charge >= 0.3 is 0 Å². The van der Waals surface area contributed by atoms with E-state index < -0.39 is 0 Å². The molecule has 7 nitrogen and oxygen atoms in total. The molecule has 0 amide bonds. The molecule has 3 rings (SSSR count). The van der Waals surface area contributed by atoms with Gasteiger partial charge in [0, 0.05) is 31.4 Å². The molecule has 1 saturated heterocycles. The summed E-state index contributed by atoms with van der Waals surface area (Å²) in [5.74, 6) is 1.32. The van der Waals surface area contributed by atoms with E-state index in [-0.39, 0.29) is 24.9 Å². The maximum absolute atomic E-state index is 12.4. The molecule has 1 fully saturated rings. The predicted octanol–water partition coefficient (Wildman–Crippen LogP) is 2.07. The van der Waals surface area contributed by atoms with Gasteiger partial charge in [-0.2, -0.15) is 0 Å². The van der Waals surface area contributed by atoms with Gasteiger partial charge in [0.2, 0.25) is 0 Å². The van der Waals surface area contributed by atoms with Crippen LogP contribution in [0.25, 0.3) is 0 Å². The molecule has 2 aromatic rings. The SMILES string of the molecule is CNc1ccc(Oc2ccnc(CC(=O)CN3CCC[C@H]3CO)c2)cc1N. The third kappa shape index (κ3) is 4.96. The Balaban J connectivity index is 1.61. The number of nitrogen functional groups attached to an aromatic ring is 1. The number of benzene rings is 1. The Morgan fingerprint density at radius 1 is 1.37 bits per heavy atom. The Morgan fingerprint density at radius 3 is 2.93 bits per heavy atom. The number of aliphatic hydroxyl groups is 1. The highest BCUT2D eigenvalue weighted by atomic mass is 16.5. The smallest absolute Gasteiger partial charge is 0.152 e. The van der Waals surface area contributed by atoms with Gasteiger partial charge < -0.3 is 20.9 Å². The molecule has 0 saturated carbocycles. The maximum Gasteiger partial charge on any atom is 0.152 e. The average Bonchev–Trinajstić information content (AvgIpc) is 3.09. The lowest BCUT2D eigenvalue weighted by Gasteiger charge is -2.21. The molecule has 0 spiro atoms. The molecule has 27 heavy (non-hydrogen) atoms. The summed E-state index contributed by atoms with van der Waals surface area (Å²) in [6, 6.07) is 9.05. The van der Waals surface area contributed by atoms with Crippen LogP contribution in [-0.2, 0) is 11.2 Å². The summed E-state index contributed by atoms with van der Waals surface area (Å²) in [5.41, 5.74) is 8.06. The number of carbonyl (C=O) groups is 1. The highest BCUT2D eigenvalue weighted by molar-refractivity contribution is 5.82.